The summed E-state index contributed by atoms with van der Waals surface area (Å²) >= 11 is 0. The van der Waals surface area contributed by atoms with E-state index < -0.39 is 32.7 Å². The Bertz CT molecular complexity index is 1530. The highest BCUT2D eigenvalue weighted by Crippen LogP contribution is 2.39. The van der Waals surface area contributed by atoms with Crippen LogP contribution in [0.4, 0.5) is 17.6 Å². The molecule has 0 N–H and O–H groups in total. The zero-order valence-corrected chi connectivity index (χ0v) is 19.3. The summed E-state index contributed by atoms with van der Waals surface area (Å²) in [7, 11) is -4.22. The zero-order chi connectivity index (χ0) is 25.0. The van der Waals surface area contributed by atoms with E-state index >= 15 is 0 Å². The van der Waals surface area contributed by atoms with Gasteiger partial charge >= 0.3 is 6.18 Å². The Morgan fingerprint density at radius 3 is 2.51 bits per heavy atom. The lowest BCUT2D eigenvalue weighted by atomic mass is 10.0. The molecule has 1 aliphatic rings. The number of alkyl halides is 3. The van der Waals surface area contributed by atoms with Crippen LogP contribution in [0.3, 0.4) is 0 Å². The molecule has 0 aliphatic carbocycles. The predicted octanol–water partition coefficient (Wildman–Crippen LogP) is 6.49. The zero-order valence-electron chi connectivity index (χ0n) is 18.5. The maximum atomic E-state index is 13.6. The van der Waals surface area contributed by atoms with Gasteiger partial charge < -0.3 is 4.42 Å². The number of aryl methyl sites for hydroxylation is 1. The van der Waals surface area contributed by atoms with Gasteiger partial charge in [-0.3, -0.25) is 0 Å². The molecule has 0 radical (unpaired) electrons. The Kier molecular flexibility index (Phi) is 5.68. The van der Waals surface area contributed by atoms with Crippen molar-refractivity contribution in [3.63, 3.8) is 0 Å². The molecule has 1 unspecified atom stereocenters. The Hall–Kier alpha value is -3.24. The van der Waals surface area contributed by atoms with Crippen molar-refractivity contribution in [2.75, 3.05) is 6.54 Å². The fourth-order valence-corrected chi connectivity index (χ4v) is 6.03. The number of benzene rings is 3. The summed E-state index contributed by atoms with van der Waals surface area (Å²) in [6.45, 7) is 1.81. The quantitative estimate of drug-likeness (QED) is 0.298. The van der Waals surface area contributed by atoms with E-state index in [1.807, 2.05) is 0 Å². The summed E-state index contributed by atoms with van der Waals surface area (Å²) < 4.78 is 86.6. The van der Waals surface area contributed by atoms with Crippen LogP contribution < -0.4 is 0 Å². The van der Waals surface area contributed by atoms with Gasteiger partial charge in [0.2, 0.25) is 15.9 Å². The molecule has 1 aliphatic heterocycles. The first-order chi connectivity index (χ1) is 16.5. The van der Waals surface area contributed by atoms with Gasteiger partial charge in [-0.05, 0) is 78.9 Å². The first-order valence-corrected chi connectivity index (χ1v) is 12.3. The van der Waals surface area contributed by atoms with Gasteiger partial charge in [0, 0.05) is 6.54 Å². The molecule has 35 heavy (non-hydrogen) atoms. The number of sulfonamides is 1. The van der Waals surface area contributed by atoms with Gasteiger partial charge in [0.05, 0.1) is 10.5 Å². The van der Waals surface area contributed by atoms with E-state index in [9.17, 15) is 26.0 Å². The van der Waals surface area contributed by atoms with Crippen LogP contribution in [0.15, 0.2) is 70.0 Å². The van der Waals surface area contributed by atoms with Crippen LogP contribution >= 0.6 is 0 Å². The average molecular weight is 505 g/mol. The minimum absolute atomic E-state index is 0.141. The second kappa shape index (κ2) is 8.46. The first kappa shape index (κ1) is 23.5. The molecule has 0 spiro atoms. The van der Waals surface area contributed by atoms with Gasteiger partial charge in [-0.15, -0.1) is 0 Å². The normalized spacial score (nSPS) is 17.3. The van der Waals surface area contributed by atoms with Crippen LogP contribution in [0.5, 0.6) is 0 Å². The number of hydrogen-bond donors (Lipinski definition) is 0. The number of oxazole rings is 1. The summed E-state index contributed by atoms with van der Waals surface area (Å²) in [4.78, 5) is 4.08. The molecule has 1 saturated heterocycles. The largest absolute Gasteiger partial charge is 0.439 e. The lowest BCUT2D eigenvalue weighted by Gasteiger charge is -2.22. The van der Waals surface area contributed by atoms with Crippen molar-refractivity contribution in [3.8, 4) is 11.1 Å². The van der Waals surface area contributed by atoms with E-state index in [0.717, 1.165) is 33.6 Å². The van der Waals surface area contributed by atoms with Crippen LogP contribution in [0, 0.1) is 12.7 Å². The number of hydrogen-bond acceptors (Lipinski definition) is 4. The first-order valence-electron chi connectivity index (χ1n) is 10.9. The lowest BCUT2D eigenvalue weighted by Crippen LogP contribution is -2.31. The third kappa shape index (κ3) is 4.32. The molecular formula is C25H20F4N2O3S. The summed E-state index contributed by atoms with van der Waals surface area (Å²) in [5.74, 6) is -0.123. The second-order valence-electron chi connectivity index (χ2n) is 8.50. The van der Waals surface area contributed by atoms with Crippen LogP contribution in [0.25, 0.3) is 22.2 Å². The molecule has 10 heteroatoms. The van der Waals surface area contributed by atoms with Crippen molar-refractivity contribution in [1.82, 2.24) is 9.29 Å². The number of rotatable bonds is 4. The van der Waals surface area contributed by atoms with Crippen LogP contribution in [0.1, 0.15) is 35.9 Å². The summed E-state index contributed by atoms with van der Waals surface area (Å²) in [5.41, 5.74) is 2.02. The standard InChI is InChI=1S/C25H20F4N2O3S/c1-15-12-16(7-9-20(15)26)17-8-10-23-21(13-17)30-24(34-23)22-6-3-11-31(22)35(32,33)19-5-2-4-18(14-19)25(27,28)29/h2,4-5,7-10,12-14,22H,3,6,11H2,1H3. The van der Waals surface area contributed by atoms with Crippen molar-refractivity contribution in [1.29, 1.82) is 0 Å². The van der Waals surface area contributed by atoms with E-state index in [-0.39, 0.29) is 18.3 Å². The van der Waals surface area contributed by atoms with Crippen molar-refractivity contribution >= 4 is 21.1 Å². The molecule has 3 aromatic carbocycles. The fraction of sp³-hybridized carbons (Fsp3) is 0.240. The molecule has 182 valence electrons. The maximum Gasteiger partial charge on any atom is 0.416 e. The smallest absolute Gasteiger partial charge is 0.416 e. The number of halogens is 4. The van der Waals surface area contributed by atoms with Gasteiger partial charge in [-0.25, -0.2) is 17.8 Å². The maximum absolute atomic E-state index is 13.6. The SMILES string of the molecule is Cc1cc(-c2ccc3oc(C4CCCN4S(=O)(=O)c4cccc(C(F)(F)F)c4)nc3c2)ccc1F. The van der Waals surface area contributed by atoms with Gasteiger partial charge in [-0.2, -0.15) is 17.5 Å². The Morgan fingerprint density at radius 1 is 1.03 bits per heavy atom. The van der Waals surface area contributed by atoms with Crippen molar-refractivity contribution in [2.45, 2.75) is 36.9 Å². The summed E-state index contributed by atoms with van der Waals surface area (Å²) in [5, 5.41) is 0. The molecule has 1 aromatic heterocycles. The van der Waals surface area contributed by atoms with Crippen LogP contribution in [-0.2, 0) is 16.2 Å². The molecule has 5 nitrogen and oxygen atoms in total. The van der Waals surface area contributed by atoms with Gasteiger partial charge in [-0.1, -0.05) is 18.2 Å². The molecule has 0 saturated carbocycles. The van der Waals surface area contributed by atoms with Crippen molar-refractivity contribution in [2.24, 2.45) is 0 Å². The van der Waals surface area contributed by atoms with E-state index in [0.29, 0.717) is 35.6 Å². The van der Waals surface area contributed by atoms with E-state index in [1.165, 1.54) is 6.07 Å². The minimum atomic E-state index is -4.66. The van der Waals surface area contributed by atoms with Crippen LogP contribution in [-0.4, -0.2) is 24.3 Å². The second-order valence-corrected chi connectivity index (χ2v) is 10.4. The monoisotopic (exact) mass is 504 g/mol. The van der Waals surface area contributed by atoms with Gasteiger partial charge in [0.25, 0.3) is 0 Å². The number of nitrogens with zero attached hydrogens (tertiary/aromatic N) is 2. The molecule has 4 aromatic rings. The molecule has 1 fully saturated rings. The Labute approximate surface area is 199 Å². The average Bonchev–Trinajstić information content (AvgIpc) is 3.47. The molecule has 0 bridgehead atoms. The molecule has 2 heterocycles. The molecule has 5 rings (SSSR count). The highest BCUT2D eigenvalue weighted by Gasteiger charge is 2.40. The van der Waals surface area contributed by atoms with Crippen LogP contribution in [0.2, 0.25) is 0 Å². The van der Waals surface area contributed by atoms with Crippen molar-refractivity contribution < 1.29 is 30.4 Å². The third-order valence-corrected chi connectivity index (χ3v) is 8.06. The molecule has 1 atom stereocenters. The van der Waals surface area contributed by atoms with Crippen molar-refractivity contribution in [3.05, 3.63) is 83.5 Å². The molecular weight excluding hydrogens is 484 g/mol. The fourth-order valence-electron chi connectivity index (χ4n) is 4.33. The Morgan fingerprint density at radius 2 is 1.77 bits per heavy atom. The van der Waals surface area contributed by atoms with E-state index in [1.54, 1.807) is 37.3 Å². The highest BCUT2D eigenvalue weighted by atomic mass is 32.2. The predicted molar refractivity (Wildman–Crippen MR) is 121 cm³/mol. The number of fused-ring (bicyclic) bond motifs is 1. The number of aromatic nitrogens is 1. The van der Waals surface area contributed by atoms with Gasteiger partial charge in [0.15, 0.2) is 5.58 Å². The summed E-state index contributed by atoms with van der Waals surface area (Å²) in [6, 6.07) is 13.0. The lowest BCUT2D eigenvalue weighted by molar-refractivity contribution is -0.137. The van der Waals surface area contributed by atoms with E-state index in [4.69, 9.17) is 4.42 Å². The minimum Gasteiger partial charge on any atom is -0.439 e. The highest BCUT2D eigenvalue weighted by molar-refractivity contribution is 7.89. The Balaban J connectivity index is 1.49. The van der Waals surface area contributed by atoms with E-state index in [2.05, 4.69) is 4.98 Å². The topological polar surface area (TPSA) is 63.4 Å². The van der Waals surface area contributed by atoms with Gasteiger partial charge in [0.1, 0.15) is 17.4 Å². The third-order valence-electron chi connectivity index (χ3n) is 6.15. The molecule has 0 amide bonds. The summed E-state index contributed by atoms with van der Waals surface area (Å²) in [6.07, 6.45) is -3.71.